The van der Waals surface area contributed by atoms with Crippen molar-refractivity contribution in [2.24, 2.45) is 0 Å². The monoisotopic (exact) mass is 427 g/mol. The van der Waals surface area contributed by atoms with Crippen molar-refractivity contribution in [3.05, 3.63) is 71.8 Å². The zero-order valence-electron chi connectivity index (χ0n) is 16.8. The lowest BCUT2D eigenvalue weighted by Gasteiger charge is -2.12. The van der Waals surface area contributed by atoms with E-state index in [0.29, 0.717) is 11.3 Å². The van der Waals surface area contributed by atoms with Crippen LogP contribution in [0.4, 0.5) is 0 Å². The number of Topliss-reactive ketones (excluding diaryl/α,β-unsaturated/α-hetero) is 1. The Morgan fingerprint density at radius 3 is 2.30 bits per heavy atom. The van der Waals surface area contributed by atoms with E-state index in [1.165, 1.54) is 38.4 Å². The number of methoxy groups -OCH3 is 1. The van der Waals surface area contributed by atoms with E-state index in [1.807, 2.05) is 12.1 Å². The molecule has 0 aliphatic heterocycles. The summed E-state index contributed by atoms with van der Waals surface area (Å²) >= 11 is 0. The van der Waals surface area contributed by atoms with E-state index in [-0.39, 0.29) is 16.2 Å². The average Bonchev–Trinajstić information content (AvgIpc) is 2.76. The van der Waals surface area contributed by atoms with Gasteiger partial charge in [0.25, 0.3) is 0 Å². The third-order valence-electron chi connectivity index (χ3n) is 4.55. The fourth-order valence-electron chi connectivity index (χ4n) is 2.82. The van der Waals surface area contributed by atoms with Gasteiger partial charge in [-0.3, -0.25) is 4.79 Å². The van der Waals surface area contributed by atoms with Crippen LogP contribution in [0.1, 0.15) is 20.7 Å². The van der Waals surface area contributed by atoms with Gasteiger partial charge in [0.05, 0.1) is 17.6 Å². The molecule has 0 spiro atoms. The number of fused-ring (bicyclic) bond motifs is 1. The number of nitrogens with zero attached hydrogens (tertiary/aromatic N) is 1. The van der Waals surface area contributed by atoms with Crippen molar-refractivity contribution in [1.29, 1.82) is 0 Å². The van der Waals surface area contributed by atoms with Gasteiger partial charge in [0.2, 0.25) is 10.0 Å². The molecule has 0 radical (unpaired) electrons. The quantitative estimate of drug-likeness (QED) is 0.425. The van der Waals surface area contributed by atoms with Crippen molar-refractivity contribution < 1.29 is 27.5 Å². The molecule has 3 aromatic rings. The Bertz CT molecular complexity index is 1220. The lowest BCUT2D eigenvalue weighted by atomic mass is 10.0. The van der Waals surface area contributed by atoms with E-state index in [2.05, 4.69) is 0 Å². The van der Waals surface area contributed by atoms with Crippen LogP contribution < -0.4 is 4.74 Å². The maximum atomic E-state index is 12.5. The summed E-state index contributed by atoms with van der Waals surface area (Å²) in [6.45, 7) is -0.453. The Hall–Kier alpha value is -3.23. The Kier molecular flexibility index (Phi) is 6.19. The number of esters is 1. The van der Waals surface area contributed by atoms with Crippen LogP contribution in [0.15, 0.2) is 65.6 Å². The standard InChI is InChI=1S/C22H21NO6S/c1-23(2)30(26,27)20-6-4-5-18(13-20)22(25)29-14-21(24)17-8-7-16-12-19(28-3)10-9-15(16)11-17/h4-13H,14H2,1-3H3. The molecule has 3 rings (SSSR count). The summed E-state index contributed by atoms with van der Waals surface area (Å²) in [4.78, 5) is 24.7. The van der Waals surface area contributed by atoms with Crippen molar-refractivity contribution in [2.45, 2.75) is 4.90 Å². The molecular formula is C22H21NO6S. The molecule has 156 valence electrons. The highest BCUT2D eigenvalue weighted by molar-refractivity contribution is 7.89. The third-order valence-corrected chi connectivity index (χ3v) is 6.36. The normalized spacial score (nSPS) is 11.5. The third kappa shape index (κ3) is 4.50. The van der Waals surface area contributed by atoms with E-state index in [0.717, 1.165) is 15.1 Å². The van der Waals surface area contributed by atoms with E-state index in [4.69, 9.17) is 9.47 Å². The van der Waals surface area contributed by atoms with Crippen LogP contribution in [0.25, 0.3) is 10.8 Å². The number of ether oxygens (including phenoxy) is 2. The Balaban J connectivity index is 1.72. The molecule has 0 aromatic heterocycles. The lowest BCUT2D eigenvalue weighted by molar-refractivity contribution is 0.0474. The maximum Gasteiger partial charge on any atom is 0.338 e. The fourth-order valence-corrected chi connectivity index (χ4v) is 3.76. The second-order valence-corrected chi connectivity index (χ2v) is 8.89. The largest absolute Gasteiger partial charge is 0.497 e. The Morgan fingerprint density at radius 2 is 1.60 bits per heavy atom. The summed E-state index contributed by atoms with van der Waals surface area (Å²) in [6.07, 6.45) is 0. The first-order chi connectivity index (χ1) is 14.2. The molecule has 7 nitrogen and oxygen atoms in total. The summed E-state index contributed by atoms with van der Waals surface area (Å²) < 4.78 is 35.8. The first-order valence-corrected chi connectivity index (χ1v) is 10.5. The average molecular weight is 427 g/mol. The number of hydrogen-bond donors (Lipinski definition) is 0. The van der Waals surface area contributed by atoms with Crippen LogP contribution in [0, 0.1) is 0 Å². The lowest BCUT2D eigenvalue weighted by Crippen LogP contribution is -2.22. The first kappa shape index (κ1) is 21.5. The molecule has 3 aromatic carbocycles. The second kappa shape index (κ2) is 8.64. The minimum absolute atomic E-state index is 0.0294. The molecule has 0 aliphatic rings. The highest BCUT2D eigenvalue weighted by atomic mass is 32.2. The molecule has 30 heavy (non-hydrogen) atoms. The highest BCUT2D eigenvalue weighted by Crippen LogP contribution is 2.22. The number of hydrogen-bond acceptors (Lipinski definition) is 6. The Morgan fingerprint density at radius 1 is 0.900 bits per heavy atom. The number of benzene rings is 3. The zero-order chi connectivity index (χ0) is 21.9. The summed E-state index contributed by atoms with van der Waals surface area (Å²) in [7, 11) is 0.702. The van der Waals surface area contributed by atoms with E-state index in [9.17, 15) is 18.0 Å². The molecule has 0 saturated heterocycles. The molecule has 0 saturated carbocycles. The molecule has 0 aliphatic carbocycles. The zero-order valence-corrected chi connectivity index (χ0v) is 17.6. The van der Waals surface area contributed by atoms with E-state index >= 15 is 0 Å². The van der Waals surface area contributed by atoms with Gasteiger partial charge in [-0.1, -0.05) is 24.3 Å². The molecule has 0 amide bonds. The molecule has 0 unspecified atom stereocenters. The molecule has 8 heteroatoms. The summed E-state index contributed by atoms with van der Waals surface area (Å²) in [5, 5.41) is 1.77. The van der Waals surface area contributed by atoms with Gasteiger partial charge in [0.1, 0.15) is 5.75 Å². The van der Waals surface area contributed by atoms with Crippen molar-refractivity contribution in [3.8, 4) is 5.75 Å². The number of carbonyl (C=O) groups excluding carboxylic acids is 2. The van der Waals surface area contributed by atoms with Crippen LogP contribution in [-0.4, -0.2) is 52.3 Å². The van der Waals surface area contributed by atoms with Crippen molar-refractivity contribution in [1.82, 2.24) is 4.31 Å². The number of rotatable bonds is 7. The van der Waals surface area contributed by atoms with Crippen LogP contribution in [0.5, 0.6) is 5.75 Å². The van der Waals surface area contributed by atoms with Gasteiger partial charge in [0.15, 0.2) is 12.4 Å². The minimum atomic E-state index is -3.68. The van der Waals surface area contributed by atoms with Gasteiger partial charge in [-0.25, -0.2) is 17.5 Å². The molecule has 0 fully saturated rings. The van der Waals surface area contributed by atoms with Crippen LogP contribution >= 0.6 is 0 Å². The fraction of sp³-hybridized carbons (Fsp3) is 0.182. The highest BCUT2D eigenvalue weighted by Gasteiger charge is 2.20. The maximum absolute atomic E-state index is 12.5. The molecular weight excluding hydrogens is 406 g/mol. The van der Waals surface area contributed by atoms with Crippen LogP contribution in [0.2, 0.25) is 0 Å². The SMILES string of the molecule is COc1ccc2cc(C(=O)COC(=O)c3cccc(S(=O)(=O)N(C)C)c3)ccc2c1. The van der Waals surface area contributed by atoms with Crippen molar-refractivity contribution >= 4 is 32.5 Å². The molecule has 0 bridgehead atoms. The minimum Gasteiger partial charge on any atom is -0.497 e. The Labute approximate surface area is 174 Å². The summed E-state index contributed by atoms with van der Waals surface area (Å²) in [6, 6.07) is 16.2. The predicted molar refractivity (Wildman–Crippen MR) is 112 cm³/mol. The van der Waals surface area contributed by atoms with Crippen molar-refractivity contribution in [3.63, 3.8) is 0 Å². The first-order valence-electron chi connectivity index (χ1n) is 9.03. The number of ketones is 1. The molecule has 0 N–H and O–H groups in total. The van der Waals surface area contributed by atoms with Gasteiger partial charge < -0.3 is 9.47 Å². The van der Waals surface area contributed by atoms with Crippen LogP contribution in [0.3, 0.4) is 0 Å². The number of sulfonamides is 1. The van der Waals surface area contributed by atoms with Gasteiger partial charge in [-0.2, -0.15) is 0 Å². The second-order valence-electron chi connectivity index (χ2n) is 6.74. The van der Waals surface area contributed by atoms with E-state index in [1.54, 1.807) is 31.4 Å². The topological polar surface area (TPSA) is 90.0 Å². The van der Waals surface area contributed by atoms with Crippen molar-refractivity contribution in [2.75, 3.05) is 27.8 Å². The predicted octanol–water partition coefficient (Wildman–Crippen LogP) is 3.14. The summed E-state index contributed by atoms with van der Waals surface area (Å²) in [5.74, 6) is -0.420. The van der Waals surface area contributed by atoms with Gasteiger partial charge >= 0.3 is 5.97 Å². The van der Waals surface area contributed by atoms with Gasteiger partial charge in [-0.15, -0.1) is 0 Å². The van der Waals surface area contributed by atoms with Gasteiger partial charge in [-0.05, 0) is 47.2 Å². The number of carbonyl (C=O) groups is 2. The smallest absolute Gasteiger partial charge is 0.338 e. The molecule has 0 atom stereocenters. The van der Waals surface area contributed by atoms with Crippen LogP contribution in [-0.2, 0) is 14.8 Å². The molecule has 0 heterocycles. The summed E-state index contributed by atoms with van der Waals surface area (Å²) in [5.41, 5.74) is 0.459. The van der Waals surface area contributed by atoms with Gasteiger partial charge in [0, 0.05) is 19.7 Å². The van der Waals surface area contributed by atoms with E-state index < -0.39 is 22.6 Å².